The van der Waals surface area contributed by atoms with Crippen molar-refractivity contribution in [3.63, 3.8) is 0 Å². The summed E-state index contributed by atoms with van der Waals surface area (Å²) in [4.78, 5) is 13.7. The zero-order valence-corrected chi connectivity index (χ0v) is 11.3. The van der Waals surface area contributed by atoms with Crippen molar-refractivity contribution < 1.29 is 4.79 Å². The number of amides is 1. The summed E-state index contributed by atoms with van der Waals surface area (Å²) in [6, 6.07) is 6.30. The average molecular weight is 246 g/mol. The highest BCUT2D eigenvalue weighted by atomic mass is 16.2. The van der Waals surface area contributed by atoms with Crippen LogP contribution < -0.4 is 5.73 Å². The van der Waals surface area contributed by atoms with Gasteiger partial charge in [-0.15, -0.1) is 0 Å². The van der Waals surface area contributed by atoms with Crippen LogP contribution in [0.3, 0.4) is 0 Å². The summed E-state index contributed by atoms with van der Waals surface area (Å²) in [5, 5.41) is 0. The molecule has 3 nitrogen and oxygen atoms in total. The van der Waals surface area contributed by atoms with Crippen LogP contribution in [0.15, 0.2) is 18.2 Å². The second-order valence-corrected chi connectivity index (χ2v) is 5.32. The summed E-state index contributed by atoms with van der Waals surface area (Å²) in [5.41, 5.74) is 9.82. The molecule has 0 saturated carbocycles. The van der Waals surface area contributed by atoms with Crippen LogP contribution in [-0.2, 0) is 4.79 Å². The van der Waals surface area contributed by atoms with Crippen molar-refractivity contribution in [2.45, 2.75) is 39.2 Å². The minimum Gasteiger partial charge on any atom is -0.341 e. The van der Waals surface area contributed by atoms with Gasteiger partial charge in [0.15, 0.2) is 0 Å². The van der Waals surface area contributed by atoms with Crippen molar-refractivity contribution in [2.75, 3.05) is 13.1 Å². The fourth-order valence-corrected chi connectivity index (χ4v) is 2.62. The van der Waals surface area contributed by atoms with Crippen molar-refractivity contribution >= 4 is 5.91 Å². The number of benzene rings is 1. The molecule has 0 radical (unpaired) electrons. The highest BCUT2D eigenvalue weighted by molar-refractivity contribution is 5.76. The fraction of sp³-hybridized carbons (Fsp3) is 0.533. The van der Waals surface area contributed by atoms with Crippen molar-refractivity contribution in [1.82, 2.24) is 4.90 Å². The summed E-state index contributed by atoms with van der Waals surface area (Å²) in [7, 11) is 0. The first-order chi connectivity index (χ1) is 8.56. The molecule has 0 aromatic heterocycles. The SMILES string of the molecule is Cc1cc(C)cc(C(N)CN2CCCCC2=O)c1. The maximum absolute atomic E-state index is 11.8. The van der Waals surface area contributed by atoms with Gasteiger partial charge in [-0.3, -0.25) is 4.79 Å². The lowest BCUT2D eigenvalue weighted by Gasteiger charge is -2.29. The second-order valence-electron chi connectivity index (χ2n) is 5.32. The molecule has 1 saturated heterocycles. The Balaban J connectivity index is 2.06. The van der Waals surface area contributed by atoms with Gasteiger partial charge in [0.1, 0.15) is 0 Å². The second kappa shape index (κ2) is 5.53. The van der Waals surface area contributed by atoms with Crippen LogP contribution in [0.1, 0.15) is 42.0 Å². The largest absolute Gasteiger partial charge is 0.341 e. The minimum atomic E-state index is -0.0781. The number of hydrogen-bond donors (Lipinski definition) is 1. The first-order valence-electron chi connectivity index (χ1n) is 6.68. The lowest BCUT2D eigenvalue weighted by atomic mass is 10.0. The lowest BCUT2D eigenvalue weighted by Crippen LogP contribution is -2.40. The van der Waals surface area contributed by atoms with E-state index in [2.05, 4.69) is 32.0 Å². The molecule has 1 atom stereocenters. The number of likely N-dealkylation sites (tertiary alicyclic amines) is 1. The number of rotatable bonds is 3. The minimum absolute atomic E-state index is 0.0781. The van der Waals surface area contributed by atoms with Crippen LogP contribution in [0.2, 0.25) is 0 Å². The maximum atomic E-state index is 11.8. The van der Waals surface area contributed by atoms with Gasteiger partial charge in [-0.05, 0) is 32.3 Å². The quantitative estimate of drug-likeness (QED) is 0.889. The van der Waals surface area contributed by atoms with E-state index in [9.17, 15) is 4.79 Å². The van der Waals surface area contributed by atoms with E-state index in [0.29, 0.717) is 13.0 Å². The van der Waals surface area contributed by atoms with E-state index in [1.807, 2.05) is 4.90 Å². The van der Waals surface area contributed by atoms with E-state index in [4.69, 9.17) is 5.73 Å². The molecular formula is C15H22N2O. The molecule has 1 aromatic rings. The number of hydrogen-bond acceptors (Lipinski definition) is 2. The molecule has 1 fully saturated rings. The van der Waals surface area contributed by atoms with Crippen LogP contribution >= 0.6 is 0 Å². The molecule has 1 aliphatic rings. The molecule has 0 bridgehead atoms. The first-order valence-corrected chi connectivity index (χ1v) is 6.68. The van der Waals surface area contributed by atoms with Crippen LogP contribution in [0.25, 0.3) is 0 Å². The van der Waals surface area contributed by atoms with Crippen LogP contribution in [0.4, 0.5) is 0 Å². The molecule has 2 rings (SSSR count). The van der Waals surface area contributed by atoms with E-state index >= 15 is 0 Å². The van der Waals surface area contributed by atoms with Crippen molar-refractivity contribution in [3.8, 4) is 0 Å². The molecule has 1 unspecified atom stereocenters. The Kier molecular flexibility index (Phi) is 4.02. The predicted octanol–water partition coefficient (Wildman–Crippen LogP) is 2.32. The molecule has 1 aliphatic heterocycles. The van der Waals surface area contributed by atoms with Gasteiger partial charge >= 0.3 is 0 Å². The Bertz CT molecular complexity index is 422. The Hall–Kier alpha value is -1.35. The molecule has 1 heterocycles. The Morgan fingerprint density at radius 2 is 1.89 bits per heavy atom. The van der Waals surface area contributed by atoms with Gasteiger partial charge in [0.05, 0.1) is 0 Å². The lowest BCUT2D eigenvalue weighted by molar-refractivity contribution is -0.133. The molecule has 18 heavy (non-hydrogen) atoms. The topological polar surface area (TPSA) is 46.3 Å². The summed E-state index contributed by atoms with van der Waals surface area (Å²) in [5.74, 6) is 0.251. The van der Waals surface area contributed by atoms with Crippen molar-refractivity contribution in [1.29, 1.82) is 0 Å². The molecule has 0 aliphatic carbocycles. The smallest absolute Gasteiger partial charge is 0.222 e. The molecule has 0 spiro atoms. The zero-order chi connectivity index (χ0) is 13.1. The van der Waals surface area contributed by atoms with E-state index in [0.717, 1.165) is 24.9 Å². The molecule has 98 valence electrons. The van der Waals surface area contributed by atoms with E-state index in [1.54, 1.807) is 0 Å². The van der Waals surface area contributed by atoms with Crippen molar-refractivity contribution in [3.05, 3.63) is 34.9 Å². The predicted molar refractivity (Wildman–Crippen MR) is 73.3 cm³/mol. The Morgan fingerprint density at radius 1 is 1.22 bits per heavy atom. The molecule has 3 heteroatoms. The van der Waals surface area contributed by atoms with E-state index in [-0.39, 0.29) is 11.9 Å². The number of piperidine rings is 1. The Labute approximate surface area is 109 Å². The summed E-state index contributed by atoms with van der Waals surface area (Å²) in [6.45, 7) is 5.66. The zero-order valence-electron chi connectivity index (χ0n) is 11.3. The van der Waals surface area contributed by atoms with Gasteiger partial charge in [-0.2, -0.15) is 0 Å². The number of aryl methyl sites for hydroxylation is 2. The third-order valence-electron chi connectivity index (χ3n) is 3.51. The van der Waals surface area contributed by atoms with Crippen molar-refractivity contribution in [2.24, 2.45) is 5.73 Å². The van der Waals surface area contributed by atoms with E-state index < -0.39 is 0 Å². The van der Waals surface area contributed by atoms with Crippen LogP contribution in [0.5, 0.6) is 0 Å². The normalized spacial score (nSPS) is 17.9. The fourth-order valence-electron chi connectivity index (χ4n) is 2.62. The third kappa shape index (κ3) is 3.10. The standard InChI is InChI=1S/C15H22N2O/c1-11-7-12(2)9-13(8-11)14(16)10-17-6-4-3-5-15(17)18/h7-9,14H,3-6,10,16H2,1-2H3. The average Bonchev–Trinajstić information content (AvgIpc) is 2.31. The van der Waals surface area contributed by atoms with Crippen LogP contribution in [0, 0.1) is 13.8 Å². The van der Waals surface area contributed by atoms with Gasteiger partial charge in [0, 0.05) is 25.6 Å². The third-order valence-corrected chi connectivity index (χ3v) is 3.51. The molecule has 1 aromatic carbocycles. The molecular weight excluding hydrogens is 224 g/mol. The maximum Gasteiger partial charge on any atom is 0.222 e. The number of carbonyl (C=O) groups is 1. The molecule has 2 N–H and O–H groups in total. The molecule has 1 amide bonds. The van der Waals surface area contributed by atoms with Gasteiger partial charge in [-0.25, -0.2) is 0 Å². The van der Waals surface area contributed by atoms with E-state index in [1.165, 1.54) is 11.1 Å². The summed E-state index contributed by atoms with van der Waals surface area (Å²) >= 11 is 0. The number of carbonyl (C=O) groups excluding carboxylic acids is 1. The summed E-state index contributed by atoms with van der Waals surface area (Å²) < 4.78 is 0. The van der Waals surface area contributed by atoms with Gasteiger partial charge < -0.3 is 10.6 Å². The Morgan fingerprint density at radius 3 is 2.50 bits per heavy atom. The van der Waals surface area contributed by atoms with Gasteiger partial charge in [0.25, 0.3) is 0 Å². The highest BCUT2D eigenvalue weighted by Crippen LogP contribution is 2.18. The monoisotopic (exact) mass is 246 g/mol. The van der Waals surface area contributed by atoms with Crippen LogP contribution in [-0.4, -0.2) is 23.9 Å². The summed E-state index contributed by atoms with van der Waals surface area (Å²) in [6.07, 6.45) is 2.80. The highest BCUT2D eigenvalue weighted by Gasteiger charge is 2.20. The van der Waals surface area contributed by atoms with Gasteiger partial charge in [0.2, 0.25) is 5.91 Å². The van der Waals surface area contributed by atoms with Gasteiger partial charge in [-0.1, -0.05) is 29.3 Å². The first kappa shape index (κ1) is 13.1. The number of nitrogens with zero attached hydrogens (tertiary/aromatic N) is 1. The number of nitrogens with two attached hydrogens (primary N) is 1.